The first-order valence-corrected chi connectivity index (χ1v) is 6.62. The number of fused-ring (bicyclic) bond motifs is 1. The van der Waals surface area contributed by atoms with Crippen LogP contribution in [0.4, 0.5) is 11.4 Å². The van der Waals surface area contributed by atoms with Gasteiger partial charge in [-0.15, -0.1) is 11.7 Å². The molecule has 1 aromatic carbocycles. The first-order valence-electron chi connectivity index (χ1n) is 5.04. The molecule has 11 heteroatoms. The molecule has 2 aromatic rings. The highest BCUT2D eigenvalue weighted by Gasteiger charge is 2.36. The van der Waals surface area contributed by atoms with Crippen LogP contribution in [-0.2, 0) is 6.54 Å². The standard InChI is InChI=1S/C9H5Br2N5O4/c1-2-3-14-7-5(11)9(16(19)20)8(15(17)18)4(10)6(7)12-13-14/h2H,1,3H2. The van der Waals surface area contributed by atoms with E-state index in [0.29, 0.717) is 0 Å². The maximum atomic E-state index is 11.1. The Labute approximate surface area is 127 Å². The van der Waals surface area contributed by atoms with E-state index in [1.54, 1.807) is 0 Å². The molecule has 0 aliphatic heterocycles. The van der Waals surface area contributed by atoms with E-state index < -0.39 is 21.2 Å². The number of rotatable bonds is 4. The van der Waals surface area contributed by atoms with E-state index in [2.05, 4.69) is 48.8 Å². The van der Waals surface area contributed by atoms with Gasteiger partial charge in [0.25, 0.3) is 0 Å². The van der Waals surface area contributed by atoms with Crippen LogP contribution in [0.3, 0.4) is 0 Å². The summed E-state index contributed by atoms with van der Waals surface area (Å²) in [5.74, 6) is 0. The molecule has 0 fully saturated rings. The molecule has 0 spiro atoms. The van der Waals surface area contributed by atoms with Crippen LogP contribution in [0.15, 0.2) is 21.6 Å². The summed E-state index contributed by atoms with van der Waals surface area (Å²) in [5, 5.41) is 29.8. The van der Waals surface area contributed by atoms with E-state index in [4.69, 9.17) is 0 Å². The van der Waals surface area contributed by atoms with E-state index in [0.717, 1.165) is 0 Å². The summed E-state index contributed by atoms with van der Waals surface area (Å²) in [4.78, 5) is 20.5. The van der Waals surface area contributed by atoms with E-state index in [9.17, 15) is 20.2 Å². The summed E-state index contributed by atoms with van der Waals surface area (Å²) in [5.41, 5.74) is -0.868. The molecule has 104 valence electrons. The molecule has 0 atom stereocenters. The molecule has 0 unspecified atom stereocenters. The number of halogens is 2. The van der Waals surface area contributed by atoms with E-state index in [1.807, 2.05) is 0 Å². The Morgan fingerprint density at radius 2 is 1.75 bits per heavy atom. The van der Waals surface area contributed by atoms with Crippen molar-refractivity contribution < 1.29 is 9.85 Å². The predicted molar refractivity (Wildman–Crippen MR) is 76.4 cm³/mol. The number of allylic oxidation sites excluding steroid dienone is 1. The van der Waals surface area contributed by atoms with E-state index in [-0.39, 0.29) is 26.5 Å². The normalized spacial score (nSPS) is 10.7. The summed E-state index contributed by atoms with van der Waals surface area (Å²) in [7, 11) is 0. The lowest BCUT2D eigenvalue weighted by Gasteiger charge is -2.03. The monoisotopic (exact) mass is 405 g/mol. The van der Waals surface area contributed by atoms with E-state index >= 15 is 0 Å². The molecule has 0 radical (unpaired) electrons. The maximum absolute atomic E-state index is 11.1. The van der Waals surface area contributed by atoms with Gasteiger partial charge in [0.15, 0.2) is 0 Å². The van der Waals surface area contributed by atoms with Crippen LogP contribution < -0.4 is 0 Å². The Hall–Kier alpha value is -1.88. The predicted octanol–water partition coefficient (Wildman–Crippen LogP) is 2.96. The van der Waals surface area contributed by atoms with Crippen LogP contribution in [-0.4, -0.2) is 24.8 Å². The Balaban J connectivity index is 2.99. The third-order valence-corrected chi connectivity index (χ3v) is 3.96. The lowest BCUT2D eigenvalue weighted by atomic mass is 10.2. The van der Waals surface area contributed by atoms with Crippen molar-refractivity contribution in [2.75, 3.05) is 0 Å². The molecule has 0 aliphatic carbocycles. The minimum atomic E-state index is -0.834. The number of nitrogens with zero attached hydrogens (tertiary/aromatic N) is 5. The fraction of sp³-hybridized carbons (Fsp3) is 0.111. The number of nitro groups is 2. The largest absolute Gasteiger partial charge is 0.363 e. The van der Waals surface area contributed by atoms with Gasteiger partial charge in [-0.05, 0) is 31.9 Å². The molecule has 0 saturated carbocycles. The quantitative estimate of drug-likeness (QED) is 0.437. The lowest BCUT2D eigenvalue weighted by Crippen LogP contribution is -2.02. The van der Waals surface area contributed by atoms with E-state index in [1.165, 1.54) is 10.8 Å². The van der Waals surface area contributed by atoms with Crippen LogP contribution in [0.1, 0.15) is 0 Å². The van der Waals surface area contributed by atoms with Gasteiger partial charge in [0, 0.05) is 0 Å². The maximum Gasteiger partial charge on any atom is 0.363 e. The van der Waals surface area contributed by atoms with Crippen LogP contribution in [0.5, 0.6) is 0 Å². The van der Waals surface area contributed by atoms with Crippen molar-refractivity contribution in [2.45, 2.75) is 6.54 Å². The Kier molecular flexibility index (Phi) is 3.81. The molecule has 20 heavy (non-hydrogen) atoms. The van der Waals surface area contributed by atoms with Gasteiger partial charge in [0.2, 0.25) is 0 Å². The Bertz CT molecular complexity index is 757. The number of benzene rings is 1. The smallest absolute Gasteiger partial charge is 0.258 e. The van der Waals surface area contributed by atoms with Crippen molar-refractivity contribution in [1.29, 1.82) is 0 Å². The van der Waals surface area contributed by atoms with Crippen molar-refractivity contribution in [3.63, 3.8) is 0 Å². The second-order valence-corrected chi connectivity index (χ2v) is 5.18. The van der Waals surface area contributed by atoms with Gasteiger partial charge in [-0.25, -0.2) is 4.68 Å². The van der Waals surface area contributed by atoms with Crippen LogP contribution >= 0.6 is 31.9 Å². The van der Waals surface area contributed by atoms with Crippen molar-refractivity contribution in [3.05, 3.63) is 41.8 Å². The van der Waals surface area contributed by atoms with Crippen molar-refractivity contribution >= 4 is 54.3 Å². The fourth-order valence-corrected chi connectivity index (χ4v) is 3.02. The number of hydrogen-bond acceptors (Lipinski definition) is 6. The first kappa shape index (κ1) is 14.5. The third-order valence-electron chi connectivity index (χ3n) is 2.46. The topological polar surface area (TPSA) is 117 Å². The molecule has 0 amide bonds. The summed E-state index contributed by atoms with van der Waals surface area (Å²) in [6, 6.07) is 0. The molecule has 0 aliphatic rings. The summed E-state index contributed by atoms with van der Waals surface area (Å²) in [6.45, 7) is 3.80. The average molecular weight is 407 g/mol. The highest BCUT2D eigenvalue weighted by molar-refractivity contribution is 9.11. The number of hydrogen-bond donors (Lipinski definition) is 0. The second kappa shape index (κ2) is 5.25. The van der Waals surface area contributed by atoms with Gasteiger partial charge in [-0.1, -0.05) is 11.3 Å². The van der Waals surface area contributed by atoms with Gasteiger partial charge >= 0.3 is 11.4 Å². The molecule has 1 heterocycles. The zero-order valence-electron chi connectivity index (χ0n) is 9.62. The molecular weight excluding hydrogens is 402 g/mol. The molecule has 0 N–H and O–H groups in total. The zero-order chi connectivity index (χ0) is 15.0. The molecule has 0 saturated heterocycles. The minimum absolute atomic E-state index is 0.0424. The molecule has 1 aromatic heterocycles. The summed E-state index contributed by atoms with van der Waals surface area (Å²) in [6.07, 6.45) is 1.53. The average Bonchev–Trinajstić information content (AvgIpc) is 2.77. The SMILES string of the molecule is C=CCn1nnc2c(Br)c([N+](=O)[O-])c([N+](=O)[O-])c(Br)c21. The second-order valence-electron chi connectivity index (χ2n) is 3.60. The summed E-state index contributed by atoms with van der Waals surface area (Å²) < 4.78 is 1.23. The van der Waals surface area contributed by atoms with Gasteiger partial charge in [-0.2, -0.15) is 0 Å². The molecule has 0 bridgehead atoms. The molecule has 9 nitrogen and oxygen atoms in total. The van der Waals surface area contributed by atoms with Gasteiger partial charge in [0.1, 0.15) is 20.0 Å². The van der Waals surface area contributed by atoms with Crippen LogP contribution in [0.25, 0.3) is 11.0 Å². The highest BCUT2D eigenvalue weighted by Crippen LogP contribution is 2.45. The first-order chi connectivity index (χ1) is 9.40. The zero-order valence-corrected chi connectivity index (χ0v) is 12.8. The molecular formula is C9H5Br2N5O4. The Morgan fingerprint density at radius 1 is 1.20 bits per heavy atom. The number of aromatic nitrogens is 3. The summed E-state index contributed by atoms with van der Waals surface area (Å²) >= 11 is 6.03. The van der Waals surface area contributed by atoms with Crippen molar-refractivity contribution in [2.24, 2.45) is 0 Å². The van der Waals surface area contributed by atoms with Gasteiger partial charge in [0.05, 0.1) is 16.4 Å². The minimum Gasteiger partial charge on any atom is -0.258 e. The Morgan fingerprint density at radius 3 is 2.25 bits per heavy atom. The van der Waals surface area contributed by atoms with Crippen LogP contribution in [0, 0.1) is 20.2 Å². The third kappa shape index (κ3) is 2.08. The highest BCUT2D eigenvalue weighted by atomic mass is 79.9. The molecule has 2 rings (SSSR count). The number of nitro benzene ring substituents is 2. The lowest BCUT2D eigenvalue weighted by molar-refractivity contribution is -0.423. The van der Waals surface area contributed by atoms with Gasteiger partial charge < -0.3 is 0 Å². The van der Waals surface area contributed by atoms with Crippen molar-refractivity contribution in [3.8, 4) is 0 Å². The fourth-order valence-electron chi connectivity index (χ4n) is 1.69. The van der Waals surface area contributed by atoms with Crippen LogP contribution in [0.2, 0.25) is 0 Å². The van der Waals surface area contributed by atoms with Crippen molar-refractivity contribution in [1.82, 2.24) is 15.0 Å². The van der Waals surface area contributed by atoms with Gasteiger partial charge in [-0.3, -0.25) is 20.2 Å².